The minimum Gasteiger partial charge on any atom is -0.354 e. The van der Waals surface area contributed by atoms with Crippen molar-refractivity contribution in [1.82, 2.24) is 10.4 Å². The molecule has 0 saturated carbocycles. The maximum Gasteiger partial charge on any atom is 0.244 e. The quantitative estimate of drug-likeness (QED) is 0.607. The van der Waals surface area contributed by atoms with Gasteiger partial charge in [-0.3, -0.25) is 4.79 Å². The first-order valence-electron chi connectivity index (χ1n) is 6.71. The highest BCUT2D eigenvalue weighted by atomic mass is 16.7. The van der Waals surface area contributed by atoms with Gasteiger partial charge in [-0.1, -0.05) is 43.2 Å². The third kappa shape index (κ3) is 4.65. The van der Waals surface area contributed by atoms with Crippen molar-refractivity contribution in [3.05, 3.63) is 35.4 Å². The Balaban J connectivity index is 2.82. The third-order valence-electron chi connectivity index (χ3n) is 3.12. The van der Waals surface area contributed by atoms with Crippen LogP contribution in [0.1, 0.15) is 36.9 Å². The minimum absolute atomic E-state index is 0.0262. The summed E-state index contributed by atoms with van der Waals surface area (Å²) in [6.07, 6.45) is 2.05. The van der Waals surface area contributed by atoms with E-state index in [-0.39, 0.29) is 5.91 Å². The Morgan fingerprint density at radius 2 is 2.00 bits per heavy atom. The first kappa shape index (κ1) is 15.7. The molecule has 1 unspecified atom stereocenters. The highest BCUT2D eigenvalue weighted by Crippen LogP contribution is 2.20. The molecule has 0 aromatic heterocycles. The second-order valence-electron chi connectivity index (χ2n) is 4.69. The van der Waals surface area contributed by atoms with Crippen LogP contribution in [0, 0.1) is 6.92 Å². The Labute approximate surface area is 115 Å². The van der Waals surface area contributed by atoms with Gasteiger partial charge in [-0.05, 0) is 18.9 Å². The van der Waals surface area contributed by atoms with Gasteiger partial charge in [-0.2, -0.15) is 5.06 Å². The average Bonchev–Trinajstić information content (AvgIpc) is 2.41. The van der Waals surface area contributed by atoms with Crippen LogP contribution in [0.15, 0.2) is 24.3 Å². The number of nitrogens with zero attached hydrogens (tertiary/aromatic N) is 1. The van der Waals surface area contributed by atoms with E-state index in [0.29, 0.717) is 6.54 Å². The molecule has 4 heteroatoms. The van der Waals surface area contributed by atoms with E-state index >= 15 is 0 Å². The largest absolute Gasteiger partial charge is 0.354 e. The van der Waals surface area contributed by atoms with Crippen LogP contribution in [0.5, 0.6) is 0 Å². The molecule has 1 rings (SSSR count). The van der Waals surface area contributed by atoms with Crippen molar-refractivity contribution in [3.8, 4) is 0 Å². The fraction of sp³-hybridized carbons (Fsp3) is 0.533. The van der Waals surface area contributed by atoms with Gasteiger partial charge in [0.15, 0.2) is 0 Å². The van der Waals surface area contributed by atoms with Gasteiger partial charge < -0.3 is 10.2 Å². The van der Waals surface area contributed by atoms with Crippen LogP contribution in [0.3, 0.4) is 0 Å². The van der Waals surface area contributed by atoms with Gasteiger partial charge in [-0.25, -0.2) is 0 Å². The summed E-state index contributed by atoms with van der Waals surface area (Å²) in [5.74, 6) is -0.0262. The molecular weight excluding hydrogens is 240 g/mol. The van der Waals surface area contributed by atoms with E-state index < -0.39 is 6.04 Å². The zero-order valence-electron chi connectivity index (χ0n) is 12.3. The van der Waals surface area contributed by atoms with Crippen molar-refractivity contribution in [2.75, 3.05) is 20.7 Å². The molecule has 0 aliphatic carbocycles. The number of nitrogens with one attached hydrogen (secondary N) is 1. The number of rotatable bonds is 7. The number of aryl methyl sites for hydroxylation is 1. The summed E-state index contributed by atoms with van der Waals surface area (Å²) in [6, 6.07) is 7.53. The van der Waals surface area contributed by atoms with Gasteiger partial charge in [0.1, 0.15) is 6.04 Å². The molecule has 1 aromatic carbocycles. The second-order valence-corrected chi connectivity index (χ2v) is 4.69. The Morgan fingerprint density at radius 1 is 1.37 bits per heavy atom. The molecule has 0 saturated heterocycles. The predicted octanol–water partition coefficient (Wildman–Crippen LogP) is 2.45. The fourth-order valence-electron chi connectivity index (χ4n) is 1.87. The lowest BCUT2D eigenvalue weighted by Crippen LogP contribution is -2.38. The molecule has 1 aromatic rings. The molecule has 0 aliphatic heterocycles. The first-order valence-corrected chi connectivity index (χ1v) is 6.71. The number of hydroxylamine groups is 2. The van der Waals surface area contributed by atoms with Gasteiger partial charge in [0.2, 0.25) is 5.91 Å². The van der Waals surface area contributed by atoms with Crippen molar-refractivity contribution in [2.45, 2.75) is 32.7 Å². The van der Waals surface area contributed by atoms with Crippen LogP contribution < -0.4 is 5.32 Å². The smallest absolute Gasteiger partial charge is 0.244 e. The highest BCUT2D eigenvalue weighted by Gasteiger charge is 2.24. The Kier molecular flexibility index (Phi) is 6.53. The molecule has 19 heavy (non-hydrogen) atoms. The molecule has 0 radical (unpaired) electrons. The lowest BCUT2D eigenvalue weighted by Gasteiger charge is -2.25. The molecule has 0 bridgehead atoms. The van der Waals surface area contributed by atoms with E-state index in [1.54, 1.807) is 19.2 Å². The molecule has 0 fully saturated rings. The van der Waals surface area contributed by atoms with E-state index in [1.165, 1.54) is 5.56 Å². The highest BCUT2D eigenvalue weighted by molar-refractivity contribution is 5.83. The SMILES string of the molecule is CCCCNC(=O)C(c1ccc(C)cc1)N(C)OC. The van der Waals surface area contributed by atoms with E-state index in [2.05, 4.69) is 12.2 Å². The summed E-state index contributed by atoms with van der Waals surface area (Å²) in [4.78, 5) is 17.5. The lowest BCUT2D eigenvalue weighted by molar-refractivity contribution is -0.162. The van der Waals surface area contributed by atoms with Gasteiger partial charge in [0.05, 0.1) is 7.11 Å². The molecule has 1 amide bonds. The summed E-state index contributed by atoms with van der Waals surface area (Å²) in [6.45, 7) is 4.83. The van der Waals surface area contributed by atoms with E-state index in [0.717, 1.165) is 18.4 Å². The van der Waals surface area contributed by atoms with Gasteiger partial charge in [-0.15, -0.1) is 0 Å². The standard InChI is InChI=1S/C15H24N2O2/c1-5-6-11-16-15(18)14(17(3)19-4)13-9-7-12(2)8-10-13/h7-10,14H,5-6,11H2,1-4H3,(H,16,18). The maximum absolute atomic E-state index is 12.3. The number of carbonyl (C=O) groups excluding carboxylic acids is 1. The number of hydrogen-bond acceptors (Lipinski definition) is 3. The molecule has 4 nitrogen and oxygen atoms in total. The van der Waals surface area contributed by atoms with Gasteiger partial charge in [0.25, 0.3) is 0 Å². The maximum atomic E-state index is 12.3. The van der Waals surface area contributed by atoms with Gasteiger partial charge >= 0.3 is 0 Å². The Morgan fingerprint density at radius 3 is 2.53 bits per heavy atom. The molecule has 1 N–H and O–H groups in total. The molecule has 1 atom stereocenters. The number of amides is 1. The zero-order valence-corrected chi connectivity index (χ0v) is 12.3. The van der Waals surface area contributed by atoms with Crippen LogP contribution in [-0.2, 0) is 9.63 Å². The Bertz CT molecular complexity index is 390. The molecule has 0 spiro atoms. The van der Waals surface area contributed by atoms with Crippen molar-refractivity contribution in [2.24, 2.45) is 0 Å². The number of benzene rings is 1. The van der Waals surface area contributed by atoms with Crippen LogP contribution in [-0.4, -0.2) is 31.7 Å². The summed E-state index contributed by atoms with van der Waals surface area (Å²) in [5, 5.41) is 4.53. The molecule has 106 valence electrons. The average molecular weight is 264 g/mol. The summed E-state index contributed by atoms with van der Waals surface area (Å²) < 4.78 is 0. The molecule has 0 heterocycles. The van der Waals surface area contributed by atoms with E-state index in [4.69, 9.17) is 4.84 Å². The monoisotopic (exact) mass is 264 g/mol. The summed E-state index contributed by atoms with van der Waals surface area (Å²) in [7, 11) is 3.34. The first-order chi connectivity index (χ1) is 9.10. The number of carbonyl (C=O) groups is 1. The fourth-order valence-corrected chi connectivity index (χ4v) is 1.87. The summed E-state index contributed by atoms with van der Waals surface area (Å²) in [5.41, 5.74) is 2.11. The van der Waals surface area contributed by atoms with Gasteiger partial charge in [0, 0.05) is 13.6 Å². The Hall–Kier alpha value is -1.39. The van der Waals surface area contributed by atoms with E-state index in [1.807, 2.05) is 31.2 Å². The van der Waals surface area contributed by atoms with E-state index in [9.17, 15) is 4.79 Å². The predicted molar refractivity (Wildman–Crippen MR) is 76.6 cm³/mol. The molecule has 0 aliphatic rings. The third-order valence-corrected chi connectivity index (χ3v) is 3.12. The normalized spacial score (nSPS) is 12.5. The minimum atomic E-state index is -0.414. The summed E-state index contributed by atoms with van der Waals surface area (Å²) >= 11 is 0. The number of hydrogen-bond donors (Lipinski definition) is 1. The number of unbranched alkanes of at least 4 members (excludes halogenated alkanes) is 1. The van der Waals surface area contributed by atoms with Crippen LogP contribution >= 0.6 is 0 Å². The van der Waals surface area contributed by atoms with Crippen LogP contribution in [0.25, 0.3) is 0 Å². The van der Waals surface area contributed by atoms with Crippen molar-refractivity contribution in [1.29, 1.82) is 0 Å². The van der Waals surface area contributed by atoms with Crippen molar-refractivity contribution >= 4 is 5.91 Å². The van der Waals surface area contributed by atoms with Crippen LogP contribution in [0.4, 0.5) is 0 Å². The number of likely N-dealkylation sites (N-methyl/N-ethyl adjacent to an activating group) is 1. The topological polar surface area (TPSA) is 41.6 Å². The van der Waals surface area contributed by atoms with Crippen molar-refractivity contribution in [3.63, 3.8) is 0 Å². The lowest BCUT2D eigenvalue weighted by atomic mass is 10.0. The van der Waals surface area contributed by atoms with Crippen LogP contribution in [0.2, 0.25) is 0 Å². The second kappa shape index (κ2) is 7.92. The van der Waals surface area contributed by atoms with Crippen molar-refractivity contribution < 1.29 is 9.63 Å². The zero-order chi connectivity index (χ0) is 14.3. The molecular formula is C15H24N2O2.